The Morgan fingerprint density at radius 3 is 0.896 bits per heavy atom. The van der Waals surface area contributed by atoms with Gasteiger partial charge >= 0.3 is 5.97 Å². The molecule has 0 atom stereocenters. The van der Waals surface area contributed by atoms with Crippen molar-refractivity contribution in [1.29, 1.82) is 0 Å². The van der Waals surface area contributed by atoms with E-state index in [9.17, 15) is 4.79 Å². The van der Waals surface area contributed by atoms with Crippen LogP contribution in [0.15, 0.2) is 12.2 Å². The molecule has 2 nitrogen and oxygen atoms in total. The molecule has 0 unspecified atom stereocenters. The Hall–Kier alpha value is -0.790. The Labute approximate surface area is 304 Å². The van der Waals surface area contributed by atoms with Crippen LogP contribution in [0.2, 0.25) is 0 Å². The predicted molar refractivity (Wildman–Crippen MR) is 216 cm³/mol. The van der Waals surface area contributed by atoms with E-state index in [0.717, 1.165) is 25.7 Å². The Balaban J connectivity index is 3.15. The molecule has 0 saturated heterocycles. The minimum absolute atomic E-state index is 0.0126. The highest BCUT2D eigenvalue weighted by Gasteiger charge is 2.02. The third-order valence-corrected chi connectivity index (χ3v) is 10.4. The molecule has 0 rings (SSSR count). The molecule has 0 saturated carbocycles. The zero-order valence-corrected chi connectivity index (χ0v) is 33.5. The molecule has 0 N–H and O–H groups in total. The molecule has 0 aromatic heterocycles. The maximum atomic E-state index is 12.0. The minimum Gasteiger partial charge on any atom is -0.466 e. The average molecular weight is 675 g/mol. The fraction of sp³-hybridized carbons (Fsp3) is 0.935. The first-order valence-electron chi connectivity index (χ1n) is 22.6. The fourth-order valence-electron chi connectivity index (χ4n) is 7.02. The molecular formula is C46H90O2. The van der Waals surface area contributed by atoms with Crippen LogP contribution >= 0.6 is 0 Å². The highest BCUT2D eigenvalue weighted by Crippen LogP contribution is 2.16. The molecular weight excluding hydrogens is 585 g/mol. The van der Waals surface area contributed by atoms with Gasteiger partial charge in [-0.3, -0.25) is 4.79 Å². The number of carbonyl (C=O) groups excluding carboxylic acids is 1. The summed E-state index contributed by atoms with van der Waals surface area (Å²) in [5.41, 5.74) is 0. The van der Waals surface area contributed by atoms with E-state index in [2.05, 4.69) is 26.0 Å². The number of rotatable bonds is 42. The van der Waals surface area contributed by atoms with Crippen LogP contribution < -0.4 is 0 Å². The lowest BCUT2D eigenvalue weighted by atomic mass is 10.0. The van der Waals surface area contributed by atoms with Gasteiger partial charge in [0.25, 0.3) is 0 Å². The van der Waals surface area contributed by atoms with Gasteiger partial charge in [-0.25, -0.2) is 0 Å². The van der Waals surface area contributed by atoms with Gasteiger partial charge in [0.2, 0.25) is 0 Å². The molecule has 2 heteroatoms. The fourth-order valence-corrected chi connectivity index (χ4v) is 7.02. The molecule has 0 heterocycles. The second-order valence-corrected chi connectivity index (χ2v) is 15.4. The molecule has 0 radical (unpaired) electrons. The predicted octanol–water partition coefficient (Wildman–Crippen LogP) is 16.7. The summed E-state index contributed by atoms with van der Waals surface area (Å²) in [6, 6.07) is 0. The highest BCUT2D eigenvalue weighted by atomic mass is 16.5. The lowest BCUT2D eigenvalue weighted by Crippen LogP contribution is -2.05. The van der Waals surface area contributed by atoms with Crippen molar-refractivity contribution in [3.8, 4) is 0 Å². The maximum Gasteiger partial charge on any atom is 0.305 e. The average Bonchev–Trinajstić information content (AvgIpc) is 3.09. The Kier molecular flexibility index (Phi) is 43.5. The Morgan fingerprint density at radius 2 is 0.583 bits per heavy atom. The molecule has 0 bridgehead atoms. The number of esters is 1. The van der Waals surface area contributed by atoms with E-state index in [0.29, 0.717) is 13.0 Å². The van der Waals surface area contributed by atoms with Crippen molar-refractivity contribution in [3.63, 3.8) is 0 Å². The van der Waals surface area contributed by atoms with Gasteiger partial charge in [-0.05, 0) is 38.5 Å². The number of allylic oxidation sites excluding steroid dienone is 2. The topological polar surface area (TPSA) is 26.3 Å². The smallest absolute Gasteiger partial charge is 0.305 e. The van der Waals surface area contributed by atoms with E-state index in [4.69, 9.17) is 4.74 Å². The van der Waals surface area contributed by atoms with Crippen LogP contribution in [0.5, 0.6) is 0 Å². The standard InChI is InChI=1S/C46H90O2/c1-3-5-7-9-11-13-15-17-18-19-20-21-22-23-24-25-26-27-28-29-30-31-33-35-37-39-41-43-45-48-46(47)44-42-40-38-36-34-32-16-14-12-10-8-6-4-2/h32,34H,3-31,33,35-45H2,1-2H3. The molecule has 0 aliphatic heterocycles. The summed E-state index contributed by atoms with van der Waals surface area (Å²) in [6.07, 6.45) is 59.0. The second kappa shape index (κ2) is 44.2. The second-order valence-electron chi connectivity index (χ2n) is 15.4. The van der Waals surface area contributed by atoms with Crippen molar-refractivity contribution >= 4 is 5.97 Å². The normalized spacial score (nSPS) is 11.6. The summed E-state index contributed by atoms with van der Waals surface area (Å²) in [7, 11) is 0. The van der Waals surface area contributed by atoms with Crippen LogP contribution in [0.4, 0.5) is 0 Å². The summed E-state index contributed by atoms with van der Waals surface area (Å²) < 4.78 is 5.46. The molecule has 0 aliphatic rings. The van der Waals surface area contributed by atoms with Gasteiger partial charge in [-0.1, -0.05) is 238 Å². The van der Waals surface area contributed by atoms with E-state index in [1.165, 1.54) is 225 Å². The molecule has 0 aliphatic carbocycles. The summed E-state index contributed by atoms with van der Waals surface area (Å²) >= 11 is 0. The lowest BCUT2D eigenvalue weighted by molar-refractivity contribution is -0.143. The van der Waals surface area contributed by atoms with Crippen molar-refractivity contribution in [2.75, 3.05) is 6.61 Å². The number of ether oxygens (including phenoxy) is 1. The van der Waals surface area contributed by atoms with Crippen molar-refractivity contribution in [2.45, 2.75) is 271 Å². The van der Waals surface area contributed by atoms with Crippen molar-refractivity contribution in [2.24, 2.45) is 0 Å². The number of unbranched alkanes of at least 4 members (excludes halogenated alkanes) is 36. The SMILES string of the molecule is CCCCCCCCC=CCCCCCC(=O)OCCCCCCCCCCCCCCCCCCCCCCCCCCCCCC. The van der Waals surface area contributed by atoms with Crippen LogP contribution in [0, 0.1) is 0 Å². The van der Waals surface area contributed by atoms with Crippen LogP contribution in [0.1, 0.15) is 271 Å². The van der Waals surface area contributed by atoms with Gasteiger partial charge < -0.3 is 4.74 Å². The zero-order valence-electron chi connectivity index (χ0n) is 33.5. The van der Waals surface area contributed by atoms with E-state index in [-0.39, 0.29) is 5.97 Å². The molecule has 286 valence electrons. The molecule has 0 aromatic rings. The van der Waals surface area contributed by atoms with Crippen LogP contribution in [-0.4, -0.2) is 12.6 Å². The third kappa shape index (κ3) is 43.2. The molecule has 48 heavy (non-hydrogen) atoms. The minimum atomic E-state index is 0.0126. The van der Waals surface area contributed by atoms with E-state index < -0.39 is 0 Å². The highest BCUT2D eigenvalue weighted by molar-refractivity contribution is 5.69. The summed E-state index contributed by atoms with van der Waals surface area (Å²) in [4.78, 5) is 12.0. The Bertz CT molecular complexity index is 611. The zero-order chi connectivity index (χ0) is 34.7. The summed E-state index contributed by atoms with van der Waals surface area (Å²) in [6.45, 7) is 5.20. The van der Waals surface area contributed by atoms with Gasteiger partial charge in [0.1, 0.15) is 0 Å². The molecule has 0 aromatic carbocycles. The first-order valence-corrected chi connectivity index (χ1v) is 22.6. The molecule has 0 amide bonds. The van der Waals surface area contributed by atoms with Gasteiger partial charge in [0.05, 0.1) is 6.61 Å². The monoisotopic (exact) mass is 675 g/mol. The number of hydrogen-bond donors (Lipinski definition) is 0. The van der Waals surface area contributed by atoms with Crippen molar-refractivity contribution in [3.05, 3.63) is 12.2 Å². The first kappa shape index (κ1) is 47.2. The third-order valence-electron chi connectivity index (χ3n) is 10.4. The van der Waals surface area contributed by atoms with E-state index in [1.807, 2.05) is 0 Å². The molecule has 0 fully saturated rings. The Morgan fingerprint density at radius 1 is 0.333 bits per heavy atom. The lowest BCUT2D eigenvalue weighted by Gasteiger charge is -2.05. The quantitative estimate of drug-likeness (QED) is 0.0366. The van der Waals surface area contributed by atoms with Crippen molar-refractivity contribution < 1.29 is 9.53 Å². The van der Waals surface area contributed by atoms with Crippen LogP contribution in [-0.2, 0) is 9.53 Å². The van der Waals surface area contributed by atoms with Gasteiger partial charge in [0, 0.05) is 6.42 Å². The largest absolute Gasteiger partial charge is 0.466 e. The van der Waals surface area contributed by atoms with Crippen LogP contribution in [0.25, 0.3) is 0 Å². The molecule has 0 spiro atoms. The van der Waals surface area contributed by atoms with Gasteiger partial charge in [0.15, 0.2) is 0 Å². The first-order chi connectivity index (χ1) is 23.8. The van der Waals surface area contributed by atoms with Gasteiger partial charge in [-0.15, -0.1) is 0 Å². The summed E-state index contributed by atoms with van der Waals surface area (Å²) in [5.74, 6) is 0.0126. The van der Waals surface area contributed by atoms with E-state index in [1.54, 1.807) is 0 Å². The van der Waals surface area contributed by atoms with E-state index >= 15 is 0 Å². The van der Waals surface area contributed by atoms with Crippen LogP contribution in [0.3, 0.4) is 0 Å². The number of carbonyl (C=O) groups is 1. The summed E-state index contributed by atoms with van der Waals surface area (Å²) in [5, 5.41) is 0. The van der Waals surface area contributed by atoms with Crippen molar-refractivity contribution in [1.82, 2.24) is 0 Å². The van der Waals surface area contributed by atoms with Gasteiger partial charge in [-0.2, -0.15) is 0 Å². The number of hydrogen-bond acceptors (Lipinski definition) is 2. The maximum absolute atomic E-state index is 12.0.